The van der Waals surface area contributed by atoms with Crippen LogP contribution in [0.2, 0.25) is 0 Å². The second kappa shape index (κ2) is 4.98. The summed E-state index contributed by atoms with van der Waals surface area (Å²) in [7, 11) is 0. The molecule has 0 saturated heterocycles. The van der Waals surface area contributed by atoms with E-state index in [1.165, 1.54) is 11.3 Å². The Kier molecular flexibility index (Phi) is 5.04. The average Bonchev–Trinajstić information content (AvgIpc) is 2.32. The van der Waals surface area contributed by atoms with Crippen molar-refractivity contribution in [2.45, 2.75) is 27.7 Å². The summed E-state index contributed by atoms with van der Waals surface area (Å²) < 4.78 is 2.02. The van der Waals surface area contributed by atoms with Crippen LogP contribution in [0.4, 0.5) is 0 Å². The van der Waals surface area contributed by atoms with Gasteiger partial charge in [-0.2, -0.15) is 0 Å². The summed E-state index contributed by atoms with van der Waals surface area (Å²) >= 11 is 0. The molecule has 1 radical (unpaired) electrons. The number of hydrogen-bond acceptors (Lipinski definition) is 0. The van der Waals surface area contributed by atoms with Crippen LogP contribution in [-0.2, 0) is 32.7 Å². The number of aromatic nitrogens is 1. The van der Waals surface area contributed by atoms with Gasteiger partial charge in [0.1, 0.15) is 0 Å². The second-order valence-corrected chi connectivity index (χ2v) is 2.71. The summed E-state index contributed by atoms with van der Waals surface area (Å²) in [6.07, 6.45) is 6.23. The van der Waals surface area contributed by atoms with Crippen molar-refractivity contribution < 1.29 is 32.7 Å². The normalized spacial score (nSPS) is 11.2. The quantitative estimate of drug-likeness (QED) is 0.660. The number of hydrogen-bond donors (Lipinski definition) is 0. The van der Waals surface area contributed by atoms with Crippen molar-refractivity contribution in [1.82, 2.24) is 4.57 Å². The molecule has 0 aliphatic carbocycles. The molecule has 0 atom stereocenters. The van der Waals surface area contributed by atoms with Gasteiger partial charge in [0.15, 0.2) is 0 Å². The van der Waals surface area contributed by atoms with Crippen molar-refractivity contribution >= 4 is 5.70 Å². The maximum Gasteiger partial charge on any atom is 0 e. The monoisotopic (exact) mass is 236 g/mol. The van der Waals surface area contributed by atoms with Crippen LogP contribution >= 0.6 is 0 Å². The first kappa shape index (κ1) is 12.1. The van der Waals surface area contributed by atoms with E-state index in [0.717, 1.165) is 5.70 Å². The number of allylic oxidation sites excluding steroid dienone is 2. The van der Waals surface area contributed by atoms with Crippen molar-refractivity contribution in [2.24, 2.45) is 0 Å². The number of rotatable bonds is 1. The van der Waals surface area contributed by atoms with E-state index in [9.17, 15) is 0 Å². The molecule has 1 heterocycles. The van der Waals surface area contributed by atoms with Crippen molar-refractivity contribution in [1.29, 1.82) is 0 Å². The number of nitrogens with zero attached hydrogens (tertiary/aromatic N) is 1. The second-order valence-electron chi connectivity index (χ2n) is 2.71. The van der Waals surface area contributed by atoms with Crippen LogP contribution in [0.15, 0.2) is 6.07 Å². The molecule has 1 aromatic rings. The van der Waals surface area contributed by atoms with Crippen LogP contribution in [-0.4, -0.2) is 4.57 Å². The topological polar surface area (TPSA) is 4.93 Å². The van der Waals surface area contributed by atoms with Gasteiger partial charge >= 0.3 is 0 Å². The van der Waals surface area contributed by atoms with E-state index in [1.54, 1.807) is 0 Å². The van der Waals surface area contributed by atoms with Crippen molar-refractivity contribution in [2.75, 3.05) is 0 Å². The maximum absolute atomic E-state index is 3.14. The minimum atomic E-state index is 0. The molecule has 1 aromatic heterocycles. The van der Waals surface area contributed by atoms with Gasteiger partial charge in [-0.25, -0.2) is 12.6 Å². The van der Waals surface area contributed by atoms with Crippen LogP contribution in [0.1, 0.15) is 25.1 Å². The van der Waals surface area contributed by atoms with Gasteiger partial charge in [-0.05, 0) is 0 Å². The zero-order chi connectivity index (χ0) is 8.43. The minimum Gasteiger partial charge on any atom is -0.533 e. The Morgan fingerprint density at radius 2 is 2.08 bits per heavy atom. The van der Waals surface area contributed by atoms with Gasteiger partial charge in [-0.3, -0.25) is 0 Å². The molecule has 0 fully saturated rings. The largest absolute Gasteiger partial charge is 0.533 e. The molecule has 0 bridgehead atoms. The average molecular weight is 236 g/mol. The van der Waals surface area contributed by atoms with Gasteiger partial charge in [0.05, 0.1) is 0 Å². The maximum atomic E-state index is 3.14. The first-order valence-corrected chi connectivity index (χ1v) is 3.75. The predicted octanol–water partition coefficient (Wildman–Crippen LogP) is 2.59. The fraction of sp³-hybridized carbons (Fsp3) is 0.400. The summed E-state index contributed by atoms with van der Waals surface area (Å²) in [4.78, 5) is 0. The van der Waals surface area contributed by atoms with Gasteiger partial charge in [-0.1, -0.05) is 27.0 Å². The SMILES string of the molecule is C[C-]=C(C)n1[c-]cc(C)c1C.[Y]. The van der Waals surface area contributed by atoms with E-state index in [2.05, 4.69) is 26.1 Å². The van der Waals surface area contributed by atoms with Gasteiger partial charge < -0.3 is 10.6 Å². The third kappa shape index (κ3) is 2.30. The van der Waals surface area contributed by atoms with Gasteiger partial charge in [0.2, 0.25) is 0 Å². The molecule has 63 valence electrons. The summed E-state index contributed by atoms with van der Waals surface area (Å²) in [6, 6.07) is 2.00. The molecule has 1 nitrogen and oxygen atoms in total. The smallest absolute Gasteiger partial charge is 0 e. The van der Waals surface area contributed by atoms with Crippen molar-refractivity contribution in [3.05, 3.63) is 29.6 Å². The van der Waals surface area contributed by atoms with E-state index in [0.29, 0.717) is 0 Å². The standard InChI is InChI=1S/C10H13N.Y/c1-5-9(3)11-7-6-8(2)10(11)4;/h6H,1-4H3;/q-2;. The Hall–Kier alpha value is 0.124. The molecule has 0 N–H and O–H groups in total. The molecule has 2 heteroatoms. The summed E-state index contributed by atoms with van der Waals surface area (Å²) in [5.41, 5.74) is 3.63. The Labute approximate surface area is 99.7 Å². The zero-order valence-corrected chi connectivity index (χ0v) is 10.9. The van der Waals surface area contributed by atoms with Crippen LogP contribution in [0.25, 0.3) is 5.70 Å². The van der Waals surface area contributed by atoms with Crippen LogP contribution < -0.4 is 0 Å². The van der Waals surface area contributed by atoms with E-state index >= 15 is 0 Å². The van der Waals surface area contributed by atoms with E-state index in [-0.39, 0.29) is 32.7 Å². The molecule has 12 heavy (non-hydrogen) atoms. The first-order chi connectivity index (χ1) is 5.16. The summed E-state index contributed by atoms with van der Waals surface area (Å²) in [5.74, 6) is 0. The molecule has 0 aliphatic rings. The fourth-order valence-corrected chi connectivity index (χ4v) is 0.999. The number of aryl methyl sites for hydroxylation is 1. The molecule has 0 amide bonds. The van der Waals surface area contributed by atoms with E-state index < -0.39 is 0 Å². The van der Waals surface area contributed by atoms with Gasteiger partial charge in [-0.15, -0.1) is 17.3 Å². The Morgan fingerprint density at radius 1 is 1.50 bits per heavy atom. The van der Waals surface area contributed by atoms with Crippen molar-refractivity contribution in [3.63, 3.8) is 0 Å². The Balaban J connectivity index is 0.00000121. The molecule has 0 aromatic carbocycles. The van der Waals surface area contributed by atoms with Crippen LogP contribution in [0, 0.1) is 26.1 Å². The molecule has 0 spiro atoms. The molecule has 0 aliphatic heterocycles. The molecule has 1 rings (SSSR count). The predicted molar refractivity (Wildman–Crippen MR) is 47.0 cm³/mol. The fourth-order valence-electron chi connectivity index (χ4n) is 0.999. The molecule has 0 unspecified atom stereocenters. The van der Waals surface area contributed by atoms with Crippen LogP contribution in [0.3, 0.4) is 0 Å². The van der Waals surface area contributed by atoms with E-state index in [1.807, 2.05) is 24.5 Å². The first-order valence-electron chi connectivity index (χ1n) is 3.75. The van der Waals surface area contributed by atoms with Gasteiger partial charge in [0, 0.05) is 32.7 Å². The minimum absolute atomic E-state index is 0. The molecular weight excluding hydrogens is 223 g/mol. The summed E-state index contributed by atoms with van der Waals surface area (Å²) in [6.45, 7) is 8.12. The van der Waals surface area contributed by atoms with Crippen LogP contribution in [0.5, 0.6) is 0 Å². The van der Waals surface area contributed by atoms with Crippen molar-refractivity contribution in [3.8, 4) is 0 Å². The van der Waals surface area contributed by atoms with E-state index in [4.69, 9.17) is 0 Å². The zero-order valence-electron chi connectivity index (χ0n) is 8.10. The molecular formula is C10H13NY-2. The summed E-state index contributed by atoms with van der Waals surface area (Å²) in [5, 5.41) is 0. The third-order valence-electron chi connectivity index (χ3n) is 2.01. The Bertz CT molecular complexity index is 284. The Morgan fingerprint density at radius 3 is 2.42 bits per heavy atom. The molecule has 0 saturated carbocycles. The third-order valence-corrected chi connectivity index (χ3v) is 2.01. The van der Waals surface area contributed by atoms with Gasteiger partial charge in [0.25, 0.3) is 0 Å².